The Bertz CT molecular complexity index is 2920. The maximum atomic E-state index is 15.5. The van der Waals surface area contributed by atoms with Crippen LogP contribution in [0.25, 0.3) is 0 Å². The van der Waals surface area contributed by atoms with E-state index < -0.39 is 132 Å². The number of benzene rings is 2. The second-order valence-corrected chi connectivity index (χ2v) is 28.9. The van der Waals surface area contributed by atoms with Crippen molar-refractivity contribution in [3.8, 4) is 0 Å². The maximum Gasteiger partial charge on any atom is 0.326 e. The summed E-state index contributed by atoms with van der Waals surface area (Å²) in [7, 11) is 9.94. The summed E-state index contributed by atoms with van der Waals surface area (Å²) < 4.78 is 0. The van der Waals surface area contributed by atoms with Gasteiger partial charge in [-0.05, 0) is 119 Å². The summed E-state index contributed by atoms with van der Waals surface area (Å²) in [4.78, 5) is 175. The Kier molecular flexibility index (Phi) is 31.9. The normalized spacial score (nSPS) is 25.5. The molecule has 0 radical (unpaired) electrons. The average molecular weight is 1340 g/mol. The lowest BCUT2D eigenvalue weighted by Gasteiger charge is -2.39. The van der Waals surface area contributed by atoms with Crippen molar-refractivity contribution in [2.24, 2.45) is 29.6 Å². The highest BCUT2D eigenvalue weighted by molar-refractivity contribution is 6.06. The van der Waals surface area contributed by atoms with E-state index in [1.807, 2.05) is 118 Å². The molecule has 1 unspecified atom stereocenters. The zero-order valence-corrected chi connectivity index (χ0v) is 60.9. The first kappa shape index (κ1) is 81.0. The zero-order valence-electron chi connectivity index (χ0n) is 60.9. The molecule has 0 aromatic heterocycles. The largest absolute Gasteiger partial charge is 0.391 e. The molecule has 2 aliphatic rings. The minimum absolute atomic E-state index is 0.0124. The summed E-state index contributed by atoms with van der Waals surface area (Å²) in [6, 6.07) is 4.78. The number of urea groups is 1. The fraction of sp³-hybridized carbons (Fsp3) is 0.681. The molecule has 2 saturated heterocycles. The highest BCUT2D eigenvalue weighted by Gasteiger charge is 2.44. The Balaban J connectivity index is 1.99. The molecule has 96 heavy (non-hydrogen) atoms. The minimum atomic E-state index is -1.72. The van der Waals surface area contributed by atoms with Gasteiger partial charge in [-0.1, -0.05) is 130 Å². The van der Waals surface area contributed by atoms with E-state index in [0.717, 1.165) is 21.8 Å². The van der Waals surface area contributed by atoms with E-state index in [1.165, 1.54) is 87.7 Å². The number of hydrogen-bond donors (Lipinski definition) is 5. The molecule has 536 valence electrons. The predicted octanol–water partition coefficient (Wildman–Crippen LogP) is 4.95. The number of carbonyl (C=O) groups excluding carboxylic acids is 11. The quantitative estimate of drug-likeness (QED) is 0.131. The number of hydrogen-bond acceptors (Lipinski definition) is 13. The van der Waals surface area contributed by atoms with Gasteiger partial charge >= 0.3 is 6.03 Å². The number of nitrogens with one attached hydrogen (secondary N) is 4. The predicted molar refractivity (Wildman–Crippen MR) is 370 cm³/mol. The van der Waals surface area contributed by atoms with Gasteiger partial charge in [-0.2, -0.15) is 0 Å². The van der Waals surface area contributed by atoms with E-state index in [9.17, 15) is 33.9 Å². The number of piperidine rings is 1. The van der Waals surface area contributed by atoms with Crippen LogP contribution in [0.4, 0.5) is 4.79 Å². The van der Waals surface area contributed by atoms with Gasteiger partial charge in [0.1, 0.15) is 48.3 Å². The molecule has 2 aliphatic heterocycles. The summed E-state index contributed by atoms with van der Waals surface area (Å²) >= 11 is 0. The van der Waals surface area contributed by atoms with Crippen molar-refractivity contribution >= 4 is 65.1 Å². The topological polar surface area (TPSA) is 282 Å². The molecule has 2 aromatic rings. The number of rotatable bonds is 17. The summed E-state index contributed by atoms with van der Waals surface area (Å²) in [5, 5.41) is 23.1. The molecule has 0 spiro atoms. The van der Waals surface area contributed by atoms with Crippen LogP contribution in [0.2, 0.25) is 0 Å². The summed E-state index contributed by atoms with van der Waals surface area (Å²) in [6.45, 7) is 22.2. The van der Waals surface area contributed by atoms with Crippen molar-refractivity contribution in [2.45, 2.75) is 220 Å². The lowest BCUT2D eigenvalue weighted by molar-refractivity contribution is -0.151. The molecule has 24 heteroatoms. The standard InChI is InChI=1S/C72H116N12O12/c1-44(2)37-53-43-73-61(71(95)84-35-27-22-28-36-84)70(94)77(13)49(11)62(86)74-54(38-45(3)4)66(90)82(18)59(41-48(9)10)68(92)81(17)58(42-52-31-25-21-26-32-52)63(87)75-55(39-46(5)6)65(89)79(15)56(34-33-51-29-23-20-24-30-51)67(91)80(16)57(40-47(7)8)64(88)76-60(50(12)85)69(93)83(19)72(96)78(53)14/h20-21,23-26,29-32,44-50,53-61,73,85H,22,27-28,33-43H2,1-19H3,(H,74,86)(H,75,87)(H,76,88)/t49-,50+,53+,54-,55-,56?,57-,58-,59-,60-,61-/m0/s1. The van der Waals surface area contributed by atoms with Crippen LogP contribution in [0.1, 0.15) is 152 Å². The summed E-state index contributed by atoms with van der Waals surface area (Å²) in [5.41, 5.74) is 1.54. The van der Waals surface area contributed by atoms with Gasteiger partial charge in [0.25, 0.3) is 5.91 Å². The molecular weight excluding hydrogens is 1220 g/mol. The second kappa shape index (κ2) is 37.9. The number of aryl methyl sites for hydroxylation is 1. The first-order chi connectivity index (χ1) is 45.0. The lowest BCUT2D eigenvalue weighted by Crippen LogP contribution is -2.63. The number of aliphatic hydroxyl groups excluding tert-OH is 1. The van der Waals surface area contributed by atoms with E-state index in [-0.39, 0.29) is 74.7 Å². The van der Waals surface area contributed by atoms with E-state index in [0.29, 0.717) is 44.3 Å². The number of amides is 12. The maximum absolute atomic E-state index is 15.5. The van der Waals surface area contributed by atoms with E-state index in [4.69, 9.17) is 0 Å². The summed E-state index contributed by atoms with van der Waals surface area (Å²) in [5.74, 6) is -7.80. The van der Waals surface area contributed by atoms with Gasteiger partial charge in [-0.3, -0.25) is 58.2 Å². The molecular formula is C72H116N12O12. The highest BCUT2D eigenvalue weighted by Crippen LogP contribution is 2.24. The van der Waals surface area contributed by atoms with Crippen molar-refractivity contribution in [1.29, 1.82) is 0 Å². The van der Waals surface area contributed by atoms with Crippen molar-refractivity contribution < 1.29 is 57.8 Å². The van der Waals surface area contributed by atoms with Crippen molar-refractivity contribution in [3.63, 3.8) is 0 Å². The van der Waals surface area contributed by atoms with Crippen LogP contribution in [-0.2, 0) is 60.8 Å². The SMILES string of the molecule is CC(C)C[C@@H]1CN[C@H](C(=O)N2CCCCC2)C(=O)N(C)[C@@H](C)C(=O)N[C@@H](CC(C)C)C(=O)N(C)[C@@H](CC(C)C)C(=O)N(C)[C@@H](Cc2ccccc2)C(=O)N[C@@H](CC(C)C)C(=O)N(C)C(CCc2ccccc2)C(=O)N(C)[C@@H](CC(C)C)C(=O)N[C@@H]([C@@H](C)O)C(=O)N(C)C(=O)N1C. The first-order valence-electron chi connectivity index (χ1n) is 34.6. The molecule has 0 aliphatic carbocycles. The van der Waals surface area contributed by atoms with Gasteiger partial charge in [-0.15, -0.1) is 0 Å². The highest BCUT2D eigenvalue weighted by atomic mass is 16.3. The van der Waals surface area contributed by atoms with Gasteiger partial charge in [0.15, 0.2) is 6.04 Å². The molecule has 11 atom stereocenters. The molecule has 24 nitrogen and oxygen atoms in total. The molecule has 2 fully saturated rings. The third-order valence-corrected chi connectivity index (χ3v) is 18.6. The van der Waals surface area contributed by atoms with E-state index in [2.05, 4.69) is 21.3 Å². The number of nitrogens with zero attached hydrogens (tertiary/aromatic N) is 8. The van der Waals surface area contributed by atoms with E-state index in [1.54, 1.807) is 17.0 Å². The smallest absolute Gasteiger partial charge is 0.326 e. The number of aliphatic hydroxyl groups is 1. The van der Waals surface area contributed by atoms with Crippen LogP contribution < -0.4 is 21.3 Å². The van der Waals surface area contributed by atoms with Gasteiger partial charge in [-0.25, -0.2) is 4.79 Å². The number of imide groups is 1. The Morgan fingerprint density at radius 3 is 1.41 bits per heavy atom. The van der Waals surface area contributed by atoms with Crippen LogP contribution >= 0.6 is 0 Å². The van der Waals surface area contributed by atoms with Crippen LogP contribution in [0.15, 0.2) is 60.7 Å². The number of likely N-dealkylation sites (tertiary alicyclic amines) is 1. The number of carbonyl (C=O) groups is 11. The summed E-state index contributed by atoms with van der Waals surface area (Å²) in [6.07, 6.45) is 1.82. The van der Waals surface area contributed by atoms with E-state index >= 15 is 24.0 Å². The Labute approximate surface area is 571 Å². The average Bonchev–Trinajstić information content (AvgIpc) is 2.80. The molecule has 2 aromatic carbocycles. The molecule has 2 heterocycles. The van der Waals surface area contributed by atoms with Gasteiger partial charge in [0, 0.05) is 81.4 Å². The molecule has 5 N–H and O–H groups in total. The van der Waals surface area contributed by atoms with Gasteiger partial charge < -0.3 is 55.4 Å². The third kappa shape index (κ3) is 22.8. The van der Waals surface area contributed by atoms with Crippen molar-refractivity contribution in [2.75, 3.05) is 69.0 Å². The molecule has 4 rings (SSSR count). The molecule has 12 amide bonds. The Hall–Kier alpha value is -7.47. The minimum Gasteiger partial charge on any atom is -0.391 e. The monoisotopic (exact) mass is 1340 g/mol. The van der Waals surface area contributed by atoms with Crippen LogP contribution in [0, 0.1) is 29.6 Å². The fourth-order valence-corrected chi connectivity index (χ4v) is 12.6. The number of likely N-dealkylation sites (N-methyl/N-ethyl adjacent to an activating group) is 7. The van der Waals surface area contributed by atoms with Crippen molar-refractivity contribution in [1.82, 2.24) is 60.5 Å². The van der Waals surface area contributed by atoms with Crippen LogP contribution in [0.5, 0.6) is 0 Å². The van der Waals surface area contributed by atoms with Gasteiger partial charge in [0.05, 0.1) is 6.10 Å². The first-order valence-corrected chi connectivity index (χ1v) is 34.6. The zero-order chi connectivity index (χ0) is 72.2. The fourth-order valence-electron chi connectivity index (χ4n) is 12.6. The third-order valence-electron chi connectivity index (χ3n) is 18.6. The molecule has 0 bridgehead atoms. The lowest BCUT2D eigenvalue weighted by atomic mass is 9.96. The Morgan fingerprint density at radius 2 is 0.906 bits per heavy atom. The second-order valence-electron chi connectivity index (χ2n) is 28.9. The van der Waals surface area contributed by atoms with Crippen molar-refractivity contribution in [3.05, 3.63) is 71.8 Å². The van der Waals surface area contributed by atoms with Crippen LogP contribution in [0.3, 0.4) is 0 Å². The van der Waals surface area contributed by atoms with Gasteiger partial charge in [0.2, 0.25) is 53.2 Å². The molecule has 0 saturated carbocycles. The van der Waals surface area contributed by atoms with Crippen LogP contribution in [-0.4, -0.2) is 245 Å². The Morgan fingerprint density at radius 1 is 0.469 bits per heavy atom.